The Kier molecular flexibility index (Phi) is 3.41. The van der Waals surface area contributed by atoms with E-state index < -0.39 is 0 Å². The van der Waals surface area contributed by atoms with Crippen molar-refractivity contribution in [1.29, 1.82) is 0 Å². The van der Waals surface area contributed by atoms with Crippen molar-refractivity contribution in [1.82, 2.24) is 14.7 Å². The molecule has 7 heteroatoms. The molecule has 0 saturated heterocycles. The average molecular weight is 324 g/mol. The largest absolute Gasteiger partial charge is 0.335 e. The molecule has 0 radical (unpaired) electrons. The van der Waals surface area contributed by atoms with Gasteiger partial charge in [0.25, 0.3) is 11.3 Å². The van der Waals surface area contributed by atoms with E-state index in [1.807, 2.05) is 12.1 Å². The number of amides is 1. The van der Waals surface area contributed by atoms with Crippen molar-refractivity contribution in [3.63, 3.8) is 0 Å². The standard InChI is InChI=1S/C17H16N4O3/c1-10-15-16(24-20-10)18-9-21(17(15)23)8-14(22)19-13-6-5-11-3-2-4-12(11)7-13/h5-7,9H,2-4,8H2,1H3,(H,19,22). The Hall–Kier alpha value is -2.96. The van der Waals surface area contributed by atoms with Crippen LogP contribution in [0.15, 0.2) is 33.8 Å². The van der Waals surface area contributed by atoms with Gasteiger partial charge in [-0.3, -0.25) is 14.2 Å². The second-order valence-corrected chi connectivity index (χ2v) is 6.01. The van der Waals surface area contributed by atoms with Crippen LogP contribution in [0, 0.1) is 6.92 Å². The fourth-order valence-electron chi connectivity index (χ4n) is 3.13. The topological polar surface area (TPSA) is 90.0 Å². The highest BCUT2D eigenvalue weighted by atomic mass is 16.5. The van der Waals surface area contributed by atoms with E-state index in [0.717, 1.165) is 24.9 Å². The SMILES string of the molecule is Cc1noc2ncn(CC(=O)Nc3ccc4c(c3)CCC4)c(=O)c12. The van der Waals surface area contributed by atoms with Crippen LogP contribution in [0.4, 0.5) is 5.69 Å². The number of carbonyl (C=O) groups is 1. The van der Waals surface area contributed by atoms with Crippen molar-refractivity contribution in [2.24, 2.45) is 0 Å². The van der Waals surface area contributed by atoms with Gasteiger partial charge in [0.1, 0.15) is 18.3 Å². The third kappa shape index (κ3) is 2.47. The summed E-state index contributed by atoms with van der Waals surface area (Å²) in [7, 11) is 0. The molecule has 24 heavy (non-hydrogen) atoms. The van der Waals surface area contributed by atoms with Crippen molar-refractivity contribution < 1.29 is 9.32 Å². The molecule has 2 heterocycles. The van der Waals surface area contributed by atoms with Crippen molar-refractivity contribution >= 4 is 22.7 Å². The van der Waals surface area contributed by atoms with Crippen LogP contribution in [0.1, 0.15) is 23.2 Å². The number of hydrogen-bond acceptors (Lipinski definition) is 5. The van der Waals surface area contributed by atoms with E-state index >= 15 is 0 Å². The zero-order valence-electron chi connectivity index (χ0n) is 13.2. The van der Waals surface area contributed by atoms with Gasteiger partial charge in [0, 0.05) is 5.69 Å². The lowest BCUT2D eigenvalue weighted by atomic mass is 10.1. The van der Waals surface area contributed by atoms with Crippen molar-refractivity contribution in [3.8, 4) is 0 Å². The molecule has 122 valence electrons. The van der Waals surface area contributed by atoms with E-state index in [1.165, 1.54) is 22.0 Å². The number of nitrogens with zero attached hydrogens (tertiary/aromatic N) is 3. The summed E-state index contributed by atoms with van der Waals surface area (Å²) in [6.45, 7) is 1.56. The first kappa shape index (κ1) is 14.6. The Balaban J connectivity index is 1.55. The molecule has 0 unspecified atom stereocenters. The zero-order chi connectivity index (χ0) is 16.7. The highest BCUT2D eigenvalue weighted by Crippen LogP contribution is 2.24. The van der Waals surface area contributed by atoms with Crippen molar-refractivity contribution in [2.45, 2.75) is 32.7 Å². The number of fused-ring (bicyclic) bond motifs is 2. The van der Waals surface area contributed by atoms with E-state index in [2.05, 4.69) is 21.5 Å². The molecule has 0 atom stereocenters. The second kappa shape index (κ2) is 5.59. The molecular formula is C17H16N4O3. The summed E-state index contributed by atoms with van der Waals surface area (Å²) < 4.78 is 6.21. The van der Waals surface area contributed by atoms with Gasteiger partial charge >= 0.3 is 0 Å². The summed E-state index contributed by atoms with van der Waals surface area (Å²) in [5, 5.41) is 6.87. The van der Waals surface area contributed by atoms with Gasteiger partial charge in [0.05, 0.1) is 5.69 Å². The molecule has 1 aromatic carbocycles. The van der Waals surface area contributed by atoms with E-state index in [4.69, 9.17) is 4.52 Å². The molecule has 1 N–H and O–H groups in total. The Morgan fingerprint density at radius 2 is 2.17 bits per heavy atom. The molecule has 0 spiro atoms. The van der Waals surface area contributed by atoms with Crippen LogP contribution in [0.5, 0.6) is 0 Å². The molecular weight excluding hydrogens is 308 g/mol. The minimum absolute atomic E-state index is 0.108. The molecule has 0 saturated carbocycles. The Bertz CT molecular complexity index is 1000. The Labute approximate surface area is 137 Å². The van der Waals surface area contributed by atoms with Gasteiger partial charge in [0.2, 0.25) is 5.91 Å². The molecule has 1 amide bonds. The highest BCUT2D eigenvalue weighted by molar-refractivity contribution is 5.90. The maximum absolute atomic E-state index is 12.4. The van der Waals surface area contributed by atoms with Crippen LogP contribution in [-0.2, 0) is 24.2 Å². The lowest BCUT2D eigenvalue weighted by Crippen LogP contribution is -2.28. The molecule has 1 aliphatic rings. The number of hydrogen-bond donors (Lipinski definition) is 1. The van der Waals surface area contributed by atoms with Gasteiger partial charge in [-0.2, -0.15) is 0 Å². The molecule has 4 rings (SSSR count). The van der Waals surface area contributed by atoms with Crippen LogP contribution in [0.2, 0.25) is 0 Å². The quantitative estimate of drug-likeness (QED) is 0.793. The number of anilines is 1. The predicted octanol–water partition coefficient (Wildman–Crippen LogP) is 1.82. The fraction of sp³-hybridized carbons (Fsp3) is 0.294. The number of aromatic nitrogens is 3. The Morgan fingerprint density at radius 3 is 3.04 bits per heavy atom. The summed E-state index contributed by atoms with van der Waals surface area (Å²) in [5.41, 5.74) is 3.71. The van der Waals surface area contributed by atoms with E-state index in [-0.39, 0.29) is 23.7 Å². The van der Waals surface area contributed by atoms with Crippen molar-refractivity contribution in [2.75, 3.05) is 5.32 Å². The molecule has 1 aliphatic carbocycles. The van der Waals surface area contributed by atoms with Gasteiger partial charge in [-0.25, -0.2) is 4.98 Å². The summed E-state index contributed by atoms with van der Waals surface area (Å²) in [5.74, 6) is -0.273. The van der Waals surface area contributed by atoms with Crippen LogP contribution in [-0.4, -0.2) is 20.6 Å². The van der Waals surface area contributed by atoms with Gasteiger partial charge in [-0.1, -0.05) is 11.2 Å². The molecule has 0 aliphatic heterocycles. The molecule has 0 bridgehead atoms. The highest BCUT2D eigenvalue weighted by Gasteiger charge is 2.15. The Morgan fingerprint density at radius 1 is 1.33 bits per heavy atom. The third-order valence-corrected chi connectivity index (χ3v) is 4.33. The fourth-order valence-corrected chi connectivity index (χ4v) is 3.13. The molecule has 3 aromatic rings. The van der Waals surface area contributed by atoms with E-state index in [0.29, 0.717) is 11.1 Å². The smallest absolute Gasteiger partial charge is 0.267 e. The first-order chi connectivity index (χ1) is 11.6. The molecule has 0 fully saturated rings. The van der Waals surface area contributed by atoms with Gasteiger partial charge in [-0.05, 0) is 49.4 Å². The summed E-state index contributed by atoms with van der Waals surface area (Å²) in [4.78, 5) is 28.7. The first-order valence-electron chi connectivity index (χ1n) is 7.85. The monoisotopic (exact) mass is 324 g/mol. The van der Waals surface area contributed by atoms with Crippen LogP contribution in [0.3, 0.4) is 0 Å². The summed E-state index contributed by atoms with van der Waals surface area (Å²) in [6.07, 6.45) is 4.61. The third-order valence-electron chi connectivity index (χ3n) is 4.33. The van der Waals surface area contributed by atoms with Crippen molar-refractivity contribution in [3.05, 3.63) is 51.7 Å². The van der Waals surface area contributed by atoms with Crippen LogP contribution < -0.4 is 10.9 Å². The lowest BCUT2D eigenvalue weighted by Gasteiger charge is -2.08. The van der Waals surface area contributed by atoms with Crippen LogP contribution >= 0.6 is 0 Å². The van der Waals surface area contributed by atoms with Gasteiger partial charge in [-0.15, -0.1) is 0 Å². The average Bonchev–Trinajstić information content (AvgIpc) is 3.16. The minimum Gasteiger partial charge on any atom is -0.335 e. The maximum Gasteiger partial charge on any atom is 0.267 e. The number of carbonyl (C=O) groups excluding carboxylic acids is 1. The van der Waals surface area contributed by atoms with E-state index in [9.17, 15) is 9.59 Å². The zero-order valence-corrected chi connectivity index (χ0v) is 13.2. The normalized spacial score (nSPS) is 13.2. The number of aryl methyl sites for hydroxylation is 3. The summed E-state index contributed by atoms with van der Waals surface area (Å²) >= 11 is 0. The minimum atomic E-state index is -0.331. The van der Waals surface area contributed by atoms with E-state index in [1.54, 1.807) is 6.92 Å². The summed E-state index contributed by atoms with van der Waals surface area (Å²) in [6, 6.07) is 5.96. The van der Waals surface area contributed by atoms with Gasteiger partial charge < -0.3 is 9.84 Å². The first-order valence-corrected chi connectivity index (χ1v) is 7.85. The number of nitrogens with one attached hydrogen (secondary N) is 1. The van der Waals surface area contributed by atoms with Crippen LogP contribution in [0.25, 0.3) is 11.1 Å². The number of rotatable bonds is 3. The molecule has 7 nitrogen and oxygen atoms in total. The lowest BCUT2D eigenvalue weighted by molar-refractivity contribution is -0.116. The molecule has 2 aromatic heterocycles. The second-order valence-electron chi connectivity index (χ2n) is 6.01. The predicted molar refractivity (Wildman–Crippen MR) is 87.9 cm³/mol. The number of benzene rings is 1. The maximum atomic E-state index is 12.4. The van der Waals surface area contributed by atoms with Gasteiger partial charge in [0.15, 0.2) is 0 Å².